The fourth-order valence-corrected chi connectivity index (χ4v) is 2.71. The SMILES string of the molecule is CNC1CCCCC1OC1C=CCCC1. The van der Waals surface area contributed by atoms with Gasteiger partial charge in [0.15, 0.2) is 0 Å². The molecule has 15 heavy (non-hydrogen) atoms. The fraction of sp³-hybridized carbons (Fsp3) is 0.846. The highest BCUT2D eigenvalue weighted by Gasteiger charge is 2.26. The molecule has 1 N–H and O–H groups in total. The Morgan fingerprint density at radius 3 is 2.73 bits per heavy atom. The van der Waals surface area contributed by atoms with Crippen LogP contribution in [0.4, 0.5) is 0 Å². The van der Waals surface area contributed by atoms with E-state index in [1.165, 1.54) is 44.9 Å². The van der Waals surface area contributed by atoms with Crippen molar-refractivity contribution in [3.8, 4) is 0 Å². The molecule has 2 aliphatic rings. The van der Waals surface area contributed by atoms with Crippen LogP contribution < -0.4 is 5.32 Å². The van der Waals surface area contributed by atoms with Crippen molar-refractivity contribution in [2.75, 3.05) is 7.05 Å². The summed E-state index contributed by atoms with van der Waals surface area (Å²) in [6.07, 6.45) is 14.3. The molecule has 0 aromatic heterocycles. The molecule has 0 radical (unpaired) electrons. The normalized spacial score (nSPS) is 36.7. The van der Waals surface area contributed by atoms with Crippen molar-refractivity contribution >= 4 is 0 Å². The van der Waals surface area contributed by atoms with Gasteiger partial charge in [0.05, 0.1) is 12.2 Å². The highest BCUT2D eigenvalue weighted by atomic mass is 16.5. The molecule has 2 rings (SSSR count). The lowest BCUT2D eigenvalue weighted by atomic mass is 9.92. The van der Waals surface area contributed by atoms with Gasteiger partial charge in [0.2, 0.25) is 0 Å². The smallest absolute Gasteiger partial charge is 0.0760 e. The molecular formula is C13H23NO. The van der Waals surface area contributed by atoms with Gasteiger partial charge in [0.25, 0.3) is 0 Å². The molecule has 0 saturated heterocycles. The van der Waals surface area contributed by atoms with Crippen molar-refractivity contribution in [1.29, 1.82) is 0 Å². The minimum Gasteiger partial charge on any atom is -0.369 e. The molecule has 86 valence electrons. The van der Waals surface area contributed by atoms with Gasteiger partial charge in [-0.05, 0) is 39.2 Å². The molecule has 0 bridgehead atoms. The summed E-state index contributed by atoms with van der Waals surface area (Å²) in [6.45, 7) is 0. The predicted molar refractivity (Wildman–Crippen MR) is 63.0 cm³/mol. The first-order valence-electron chi connectivity index (χ1n) is 6.39. The van der Waals surface area contributed by atoms with E-state index in [0.29, 0.717) is 18.2 Å². The molecule has 0 aromatic carbocycles. The Kier molecular flexibility index (Phi) is 4.21. The van der Waals surface area contributed by atoms with Crippen molar-refractivity contribution in [2.45, 2.75) is 63.2 Å². The van der Waals surface area contributed by atoms with Gasteiger partial charge >= 0.3 is 0 Å². The second-order valence-corrected chi connectivity index (χ2v) is 4.75. The van der Waals surface area contributed by atoms with E-state index in [2.05, 4.69) is 24.5 Å². The van der Waals surface area contributed by atoms with Crippen LogP contribution in [0.15, 0.2) is 12.2 Å². The van der Waals surface area contributed by atoms with E-state index < -0.39 is 0 Å². The van der Waals surface area contributed by atoms with E-state index in [4.69, 9.17) is 4.74 Å². The lowest BCUT2D eigenvalue weighted by Gasteiger charge is -2.34. The van der Waals surface area contributed by atoms with Crippen molar-refractivity contribution < 1.29 is 4.74 Å². The summed E-state index contributed by atoms with van der Waals surface area (Å²) in [5.74, 6) is 0. The summed E-state index contributed by atoms with van der Waals surface area (Å²) in [7, 11) is 2.06. The molecular weight excluding hydrogens is 186 g/mol. The van der Waals surface area contributed by atoms with E-state index in [-0.39, 0.29) is 0 Å². The van der Waals surface area contributed by atoms with Gasteiger partial charge in [-0.3, -0.25) is 0 Å². The van der Waals surface area contributed by atoms with E-state index in [9.17, 15) is 0 Å². The van der Waals surface area contributed by atoms with Gasteiger partial charge in [-0.25, -0.2) is 0 Å². The Bertz CT molecular complexity index is 215. The monoisotopic (exact) mass is 209 g/mol. The Morgan fingerprint density at radius 1 is 1.13 bits per heavy atom. The van der Waals surface area contributed by atoms with E-state index in [1.807, 2.05) is 0 Å². The second kappa shape index (κ2) is 5.66. The zero-order valence-electron chi connectivity index (χ0n) is 9.74. The van der Waals surface area contributed by atoms with Gasteiger partial charge in [0, 0.05) is 6.04 Å². The zero-order valence-corrected chi connectivity index (χ0v) is 9.74. The van der Waals surface area contributed by atoms with Crippen LogP contribution >= 0.6 is 0 Å². The van der Waals surface area contributed by atoms with Gasteiger partial charge in [-0.2, -0.15) is 0 Å². The second-order valence-electron chi connectivity index (χ2n) is 4.75. The standard InChI is InChI=1S/C13H23NO/c1-14-12-9-5-6-10-13(12)15-11-7-3-2-4-8-11/h3,7,11-14H,2,4-6,8-10H2,1H3. The largest absolute Gasteiger partial charge is 0.369 e. The maximum absolute atomic E-state index is 6.19. The maximum Gasteiger partial charge on any atom is 0.0760 e. The van der Waals surface area contributed by atoms with Crippen molar-refractivity contribution in [2.24, 2.45) is 0 Å². The van der Waals surface area contributed by atoms with Gasteiger partial charge in [-0.15, -0.1) is 0 Å². The van der Waals surface area contributed by atoms with E-state index >= 15 is 0 Å². The molecule has 0 spiro atoms. The van der Waals surface area contributed by atoms with Crippen LogP contribution in [-0.4, -0.2) is 25.3 Å². The average Bonchev–Trinajstić information content (AvgIpc) is 2.31. The van der Waals surface area contributed by atoms with Crippen LogP contribution in [0.25, 0.3) is 0 Å². The third-order valence-electron chi connectivity index (χ3n) is 3.63. The van der Waals surface area contributed by atoms with Crippen LogP contribution in [0.3, 0.4) is 0 Å². The summed E-state index contributed by atoms with van der Waals surface area (Å²) in [6, 6.07) is 0.578. The highest BCUT2D eigenvalue weighted by molar-refractivity contribution is 4.95. The fourth-order valence-electron chi connectivity index (χ4n) is 2.71. The Balaban J connectivity index is 1.85. The zero-order chi connectivity index (χ0) is 10.5. The topological polar surface area (TPSA) is 21.3 Å². The molecule has 0 heterocycles. The Hall–Kier alpha value is -0.340. The van der Waals surface area contributed by atoms with Crippen LogP contribution in [0.2, 0.25) is 0 Å². The van der Waals surface area contributed by atoms with Crippen molar-refractivity contribution in [3.05, 3.63) is 12.2 Å². The number of hydrogen-bond acceptors (Lipinski definition) is 2. The minimum atomic E-state index is 0.387. The Morgan fingerprint density at radius 2 is 2.00 bits per heavy atom. The van der Waals surface area contributed by atoms with Gasteiger partial charge in [0.1, 0.15) is 0 Å². The van der Waals surface area contributed by atoms with Crippen LogP contribution in [0.5, 0.6) is 0 Å². The molecule has 0 amide bonds. The summed E-state index contributed by atoms with van der Waals surface area (Å²) in [5.41, 5.74) is 0. The number of hydrogen-bond donors (Lipinski definition) is 1. The van der Waals surface area contributed by atoms with Gasteiger partial charge < -0.3 is 10.1 Å². The van der Waals surface area contributed by atoms with E-state index in [0.717, 1.165) is 0 Å². The van der Waals surface area contributed by atoms with Gasteiger partial charge in [-0.1, -0.05) is 25.0 Å². The summed E-state index contributed by atoms with van der Waals surface area (Å²) < 4.78 is 6.19. The summed E-state index contributed by atoms with van der Waals surface area (Å²) in [4.78, 5) is 0. The third kappa shape index (κ3) is 3.05. The molecule has 1 saturated carbocycles. The summed E-state index contributed by atoms with van der Waals surface area (Å²) >= 11 is 0. The predicted octanol–water partition coefficient (Wildman–Crippen LogP) is 2.64. The lowest BCUT2D eigenvalue weighted by Crippen LogP contribution is -2.43. The summed E-state index contributed by atoms with van der Waals surface area (Å²) in [5, 5.41) is 3.39. The highest BCUT2D eigenvalue weighted by Crippen LogP contribution is 2.24. The molecule has 3 unspecified atom stereocenters. The molecule has 3 atom stereocenters. The van der Waals surface area contributed by atoms with Crippen molar-refractivity contribution in [3.63, 3.8) is 0 Å². The van der Waals surface area contributed by atoms with Crippen LogP contribution in [0.1, 0.15) is 44.9 Å². The third-order valence-corrected chi connectivity index (χ3v) is 3.63. The minimum absolute atomic E-state index is 0.387. The van der Waals surface area contributed by atoms with Crippen LogP contribution in [0, 0.1) is 0 Å². The molecule has 0 aliphatic heterocycles. The number of rotatable bonds is 3. The van der Waals surface area contributed by atoms with E-state index in [1.54, 1.807) is 0 Å². The molecule has 2 aliphatic carbocycles. The maximum atomic E-state index is 6.19. The first kappa shape index (κ1) is 11.2. The number of nitrogens with one attached hydrogen (secondary N) is 1. The number of ether oxygens (including phenoxy) is 1. The molecule has 0 aromatic rings. The molecule has 1 fully saturated rings. The first-order chi connectivity index (χ1) is 7.40. The first-order valence-corrected chi connectivity index (χ1v) is 6.39. The number of likely N-dealkylation sites (N-methyl/N-ethyl adjacent to an activating group) is 1. The van der Waals surface area contributed by atoms with Crippen molar-refractivity contribution in [1.82, 2.24) is 5.32 Å². The quantitative estimate of drug-likeness (QED) is 0.721. The van der Waals surface area contributed by atoms with Crippen LogP contribution in [-0.2, 0) is 4.74 Å². The number of allylic oxidation sites excluding steroid dienone is 1. The lowest BCUT2D eigenvalue weighted by molar-refractivity contribution is -0.0299. The average molecular weight is 209 g/mol. The molecule has 2 nitrogen and oxygen atoms in total. The Labute approximate surface area is 93.1 Å². The molecule has 2 heteroatoms.